The summed E-state index contributed by atoms with van der Waals surface area (Å²) < 4.78 is 3.47. The zero-order valence-electron chi connectivity index (χ0n) is 2.79. The number of hydrogen-bond donors (Lipinski definition) is 0. The van der Waals surface area contributed by atoms with Gasteiger partial charge in [-0.05, 0) is 0 Å². The summed E-state index contributed by atoms with van der Waals surface area (Å²) >= 11 is 0. The summed E-state index contributed by atoms with van der Waals surface area (Å²) in [5.74, 6) is 0. The van der Waals surface area contributed by atoms with E-state index in [1.165, 1.54) is 0 Å². The van der Waals surface area contributed by atoms with Gasteiger partial charge in [0.15, 0.2) is 0 Å². The highest BCUT2D eigenvalue weighted by Gasteiger charge is 1.58. The molecule has 0 rings (SSSR count). The van der Waals surface area contributed by atoms with Gasteiger partial charge < -0.3 is 4.74 Å². The second-order valence-electron chi connectivity index (χ2n) is 0.329. The summed E-state index contributed by atoms with van der Waals surface area (Å²) in [6.45, 7) is 0.125. The van der Waals surface area contributed by atoms with E-state index in [1.807, 2.05) is 0 Å². The fraction of sp³-hybridized carbons (Fsp3) is 0. The highest BCUT2D eigenvalue weighted by molar-refractivity contribution is 8.93. The van der Waals surface area contributed by atoms with E-state index in [4.69, 9.17) is 9.59 Å². The second kappa shape index (κ2) is 8.82. The van der Waals surface area contributed by atoms with E-state index in [1.54, 1.807) is 0 Å². The summed E-state index contributed by atoms with van der Waals surface area (Å²) in [5.41, 5.74) is 0. The van der Waals surface area contributed by atoms with Crippen LogP contribution in [0.25, 0.3) is 0 Å². The van der Waals surface area contributed by atoms with Gasteiger partial charge >= 0.3 is 12.9 Å². The van der Waals surface area contributed by atoms with Crippen molar-refractivity contribution in [2.24, 2.45) is 0 Å². The quantitative estimate of drug-likeness (QED) is 0.412. The Hall–Kier alpha value is -0.380. The standard InChI is InChI=1S/C2H2O3.BrH/c3-1-5-2-4;/h1-2H;1H. The molecule has 0 spiro atoms. The minimum atomic E-state index is 0. The van der Waals surface area contributed by atoms with E-state index in [0.717, 1.165) is 0 Å². The molecule has 6 heavy (non-hydrogen) atoms. The Labute approximate surface area is 45.1 Å². The maximum absolute atomic E-state index is 8.95. The molecule has 0 aliphatic carbocycles. The predicted octanol–water partition coefficient (Wildman–Crippen LogP) is -0.106. The highest BCUT2D eigenvalue weighted by atomic mass is 79.9. The van der Waals surface area contributed by atoms with E-state index in [-0.39, 0.29) is 29.9 Å². The minimum Gasteiger partial charge on any atom is -0.398 e. The predicted molar refractivity (Wildman–Crippen MR) is 23.5 cm³/mol. The minimum absolute atomic E-state index is 0. The van der Waals surface area contributed by atoms with Gasteiger partial charge in [0.25, 0.3) is 0 Å². The van der Waals surface area contributed by atoms with Gasteiger partial charge in [-0.2, -0.15) is 0 Å². The molecule has 4 heteroatoms. The van der Waals surface area contributed by atoms with Crippen molar-refractivity contribution in [2.45, 2.75) is 0 Å². The SMILES string of the molecule is Br.O=COC=O. The molecule has 0 aromatic rings. The fourth-order valence-corrected chi connectivity index (χ4v) is 0.0227. The molecule has 0 bridgehead atoms. The summed E-state index contributed by atoms with van der Waals surface area (Å²) in [4.78, 5) is 17.9. The normalized spacial score (nSPS) is 4.67. The number of halogens is 1. The number of carbonyl (C=O) groups excluding carboxylic acids is 2. The molecule has 0 N–H and O–H groups in total. The van der Waals surface area contributed by atoms with Crippen LogP contribution >= 0.6 is 17.0 Å². The van der Waals surface area contributed by atoms with Crippen LogP contribution in [0.2, 0.25) is 0 Å². The summed E-state index contributed by atoms with van der Waals surface area (Å²) in [6.07, 6.45) is 0. The van der Waals surface area contributed by atoms with Crippen LogP contribution in [-0.4, -0.2) is 12.9 Å². The molecule has 0 radical (unpaired) electrons. The van der Waals surface area contributed by atoms with Gasteiger partial charge in [-0.1, -0.05) is 0 Å². The van der Waals surface area contributed by atoms with Gasteiger partial charge in [0.1, 0.15) is 0 Å². The van der Waals surface area contributed by atoms with E-state index < -0.39 is 0 Å². The van der Waals surface area contributed by atoms with Crippen molar-refractivity contribution in [2.75, 3.05) is 0 Å². The first-order valence-corrected chi connectivity index (χ1v) is 0.943. The van der Waals surface area contributed by atoms with Gasteiger partial charge in [0, 0.05) is 0 Å². The first kappa shape index (κ1) is 9.15. The lowest BCUT2D eigenvalue weighted by Gasteiger charge is -1.65. The van der Waals surface area contributed by atoms with Gasteiger partial charge in [0.2, 0.25) is 0 Å². The van der Waals surface area contributed by atoms with Crippen LogP contribution in [0.1, 0.15) is 0 Å². The molecule has 0 atom stereocenters. The third-order valence-electron chi connectivity index (χ3n) is 0.111. The average Bonchev–Trinajstić information content (AvgIpc) is 1.41. The van der Waals surface area contributed by atoms with Crippen molar-refractivity contribution in [3.05, 3.63) is 0 Å². The Morgan fingerprint density at radius 1 is 1.17 bits per heavy atom. The van der Waals surface area contributed by atoms with E-state index in [0.29, 0.717) is 0 Å². The molecular formula is C2H3BrO3. The van der Waals surface area contributed by atoms with Crippen LogP contribution < -0.4 is 0 Å². The summed E-state index contributed by atoms with van der Waals surface area (Å²) in [6, 6.07) is 0. The molecule has 36 valence electrons. The summed E-state index contributed by atoms with van der Waals surface area (Å²) in [7, 11) is 0. The van der Waals surface area contributed by atoms with Crippen molar-refractivity contribution < 1.29 is 14.3 Å². The van der Waals surface area contributed by atoms with Crippen LogP contribution in [-0.2, 0) is 14.3 Å². The molecule has 3 nitrogen and oxygen atoms in total. The molecule has 0 heterocycles. The van der Waals surface area contributed by atoms with E-state index >= 15 is 0 Å². The Balaban J connectivity index is 0. The van der Waals surface area contributed by atoms with Crippen LogP contribution in [0, 0.1) is 0 Å². The smallest absolute Gasteiger partial charge is 0.300 e. The topological polar surface area (TPSA) is 43.4 Å². The number of hydrogen-bond acceptors (Lipinski definition) is 3. The number of ether oxygens (including phenoxy) is 1. The summed E-state index contributed by atoms with van der Waals surface area (Å²) in [5, 5.41) is 0. The lowest BCUT2D eigenvalue weighted by atomic mass is 11.5. The van der Waals surface area contributed by atoms with Gasteiger partial charge in [-0.25, -0.2) is 0 Å². The zero-order chi connectivity index (χ0) is 4.12. The van der Waals surface area contributed by atoms with Crippen molar-refractivity contribution in [1.82, 2.24) is 0 Å². The molecular weight excluding hydrogens is 152 g/mol. The lowest BCUT2D eigenvalue weighted by Crippen LogP contribution is -1.77. The molecule has 0 unspecified atom stereocenters. The third kappa shape index (κ3) is 9.47. The largest absolute Gasteiger partial charge is 0.398 e. The Morgan fingerprint density at radius 2 is 1.50 bits per heavy atom. The Kier molecular flexibility index (Phi) is 13.5. The monoisotopic (exact) mass is 154 g/mol. The molecule has 0 saturated heterocycles. The second-order valence-corrected chi connectivity index (χ2v) is 0.329. The maximum Gasteiger partial charge on any atom is 0.300 e. The van der Waals surface area contributed by atoms with Gasteiger partial charge in [-0.3, -0.25) is 9.59 Å². The molecule has 0 aromatic heterocycles. The fourth-order valence-electron chi connectivity index (χ4n) is 0.0227. The molecule has 0 amide bonds. The molecule has 0 aliphatic heterocycles. The highest BCUT2D eigenvalue weighted by Crippen LogP contribution is 1.40. The zero-order valence-corrected chi connectivity index (χ0v) is 4.50. The molecule has 0 fully saturated rings. The van der Waals surface area contributed by atoms with Gasteiger partial charge in [-0.15, -0.1) is 17.0 Å². The molecule has 0 saturated carbocycles. The lowest BCUT2D eigenvalue weighted by molar-refractivity contribution is -0.141. The first-order valence-electron chi connectivity index (χ1n) is 0.943. The average molecular weight is 155 g/mol. The third-order valence-corrected chi connectivity index (χ3v) is 0.111. The Morgan fingerprint density at radius 3 is 1.50 bits per heavy atom. The molecule has 0 aromatic carbocycles. The van der Waals surface area contributed by atoms with Crippen LogP contribution in [0.3, 0.4) is 0 Å². The first-order chi connectivity index (χ1) is 2.41. The van der Waals surface area contributed by atoms with E-state index in [9.17, 15) is 0 Å². The number of carbonyl (C=O) groups is 2. The van der Waals surface area contributed by atoms with Crippen molar-refractivity contribution in [3.63, 3.8) is 0 Å². The van der Waals surface area contributed by atoms with Crippen LogP contribution in [0.5, 0.6) is 0 Å². The van der Waals surface area contributed by atoms with Gasteiger partial charge in [0.05, 0.1) is 0 Å². The molecule has 0 aliphatic rings. The Bertz CT molecular complexity index is 38.1. The maximum atomic E-state index is 8.95. The van der Waals surface area contributed by atoms with E-state index in [2.05, 4.69) is 4.74 Å². The van der Waals surface area contributed by atoms with Crippen molar-refractivity contribution in [3.8, 4) is 0 Å². The van der Waals surface area contributed by atoms with Crippen LogP contribution in [0.4, 0.5) is 0 Å². The number of rotatable bonds is 2. The van der Waals surface area contributed by atoms with Crippen molar-refractivity contribution >= 4 is 29.9 Å². The van der Waals surface area contributed by atoms with Crippen molar-refractivity contribution in [1.29, 1.82) is 0 Å². The van der Waals surface area contributed by atoms with Crippen LogP contribution in [0.15, 0.2) is 0 Å².